The lowest BCUT2D eigenvalue weighted by Crippen LogP contribution is -2.33. The van der Waals surface area contributed by atoms with Crippen LogP contribution in [0.5, 0.6) is 0 Å². The van der Waals surface area contributed by atoms with Crippen LogP contribution < -0.4 is 0 Å². The van der Waals surface area contributed by atoms with E-state index >= 15 is 0 Å². The molecular formula is C10H21ClO4S. The molecule has 4 nitrogen and oxygen atoms in total. The van der Waals surface area contributed by atoms with E-state index in [2.05, 4.69) is 0 Å². The number of methoxy groups -OCH3 is 1. The zero-order chi connectivity index (χ0) is 12.8. The molecule has 0 amide bonds. The molecule has 0 saturated heterocycles. The molecule has 0 spiro atoms. The fraction of sp³-hybridized carbons (Fsp3) is 1.00. The molecule has 2 atom stereocenters. The average molecular weight is 273 g/mol. The van der Waals surface area contributed by atoms with E-state index in [1.165, 1.54) is 0 Å². The first-order chi connectivity index (χ1) is 7.22. The van der Waals surface area contributed by atoms with E-state index in [0.717, 1.165) is 6.42 Å². The molecular weight excluding hydrogens is 252 g/mol. The maximum Gasteiger partial charge on any atom is 0.232 e. The van der Waals surface area contributed by atoms with Crippen LogP contribution in [-0.2, 0) is 18.5 Å². The van der Waals surface area contributed by atoms with Gasteiger partial charge in [-0.05, 0) is 19.3 Å². The van der Waals surface area contributed by atoms with Crippen molar-refractivity contribution < 1.29 is 17.9 Å². The highest BCUT2D eigenvalue weighted by molar-refractivity contribution is 8.13. The summed E-state index contributed by atoms with van der Waals surface area (Å²) in [6.45, 7) is 6.57. The van der Waals surface area contributed by atoms with E-state index in [1.54, 1.807) is 14.0 Å². The molecule has 0 bridgehead atoms. The molecule has 0 fully saturated rings. The third-order valence-electron chi connectivity index (χ3n) is 2.53. The van der Waals surface area contributed by atoms with Gasteiger partial charge in [-0.15, -0.1) is 0 Å². The second-order valence-corrected chi connectivity index (χ2v) is 7.15. The molecule has 0 aromatic heterocycles. The SMILES string of the molecule is CCC(C)(COCC(C)CS(=O)(=O)Cl)OC. The van der Waals surface area contributed by atoms with Gasteiger partial charge in [-0.1, -0.05) is 13.8 Å². The van der Waals surface area contributed by atoms with Crippen molar-refractivity contribution in [2.45, 2.75) is 32.8 Å². The Labute approximate surface area is 103 Å². The van der Waals surface area contributed by atoms with Crippen molar-refractivity contribution in [2.75, 3.05) is 26.1 Å². The van der Waals surface area contributed by atoms with E-state index in [4.69, 9.17) is 20.2 Å². The van der Waals surface area contributed by atoms with Crippen LogP contribution >= 0.6 is 10.7 Å². The van der Waals surface area contributed by atoms with Gasteiger partial charge in [-0.25, -0.2) is 8.42 Å². The van der Waals surface area contributed by atoms with Crippen molar-refractivity contribution in [2.24, 2.45) is 5.92 Å². The molecule has 6 heteroatoms. The Morgan fingerprint density at radius 1 is 1.44 bits per heavy atom. The topological polar surface area (TPSA) is 52.6 Å². The minimum Gasteiger partial charge on any atom is -0.378 e. The number of hydrogen-bond donors (Lipinski definition) is 0. The Bertz CT molecular complexity index is 285. The molecule has 0 aromatic carbocycles. The molecule has 16 heavy (non-hydrogen) atoms. The monoisotopic (exact) mass is 272 g/mol. The zero-order valence-corrected chi connectivity index (χ0v) is 11.9. The summed E-state index contributed by atoms with van der Waals surface area (Å²) < 4.78 is 32.3. The Morgan fingerprint density at radius 3 is 2.38 bits per heavy atom. The average Bonchev–Trinajstić information content (AvgIpc) is 2.14. The van der Waals surface area contributed by atoms with E-state index in [-0.39, 0.29) is 17.3 Å². The number of rotatable bonds is 8. The van der Waals surface area contributed by atoms with Gasteiger partial charge in [-0.2, -0.15) is 0 Å². The van der Waals surface area contributed by atoms with Crippen molar-refractivity contribution >= 4 is 19.7 Å². The Kier molecular flexibility index (Phi) is 6.86. The molecule has 0 rings (SSSR count). The molecule has 0 aliphatic heterocycles. The van der Waals surface area contributed by atoms with Crippen LogP contribution in [0, 0.1) is 5.92 Å². The molecule has 0 N–H and O–H groups in total. The Balaban J connectivity index is 3.90. The summed E-state index contributed by atoms with van der Waals surface area (Å²) >= 11 is 0. The van der Waals surface area contributed by atoms with E-state index < -0.39 is 9.05 Å². The first-order valence-electron chi connectivity index (χ1n) is 5.27. The maximum absolute atomic E-state index is 10.8. The molecule has 0 heterocycles. The lowest BCUT2D eigenvalue weighted by atomic mass is 10.1. The summed E-state index contributed by atoms with van der Waals surface area (Å²) in [4.78, 5) is 0. The van der Waals surface area contributed by atoms with Crippen molar-refractivity contribution in [1.82, 2.24) is 0 Å². The quantitative estimate of drug-likeness (QED) is 0.635. The summed E-state index contributed by atoms with van der Waals surface area (Å²) in [5.74, 6) is -0.176. The highest BCUT2D eigenvalue weighted by Crippen LogP contribution is 2.15. The summed E-state index contributed by atoms with van der Waals surface area (Å²) in [6.07, 6.45) is 0.839. The van der Waals surface area contributed by atoms with Gasteiger partial charge < -0.3 is 9.47 Å². The zero-order valence-electron chi connectivity index (χ0n) is 10.3. The fourth-order valence-corrected chi connectivity index (χ4v) is 2.59. The third kappa shape index (κ3) is 7.44. The lowest BCUT2D eigenvalue weighted by molar-refractivity contribution is -0.0692. The van der Waals surface area contributed by atoms with E-state index in [1.807, 2.05) is 13.8 Å². The minimum atomic E-state index is -3.44. The second kappa shape index (κ2) is 6.79. The first kappa shape index (κ1) is 16.2. The summed E-state index contributed by atoms with van der Waals surface area (Å²) in [5.41, 5.74) is -0.306. The molecule has 0 aliphatic carbocycles. The van der Waals surface area contributed by atoms with E-state index in [0.29, 0.717) is 13.2 Å². The predicted octanol–water partition coefficient (Wildman–Crippen LogP) is 2.02. The molecule has 0 saturated carbocycles. The molecule has 0 aliphatic rings. The highest BCUT2D eigenvalue weighted by Gasteiger charge is 2.22. The summed E-state index contributed by atoms with van der Waals surface area (Å²) in [5, 5.41) is 0. The largest absolute Gasteiger partial charge is 0.378 e. The van der Waals surface area contributed by atoms with Gasteiger partial charge in [0, 0.05) is 17.8 Å². The first-order valence-corrected chi connectivity index (χ1v) is 7.75. The van der Waals surface area contributed by atoms with Crippen molar-refractivity contribution in [3.8, 4) is 0 Å². The van der Waals surface area contributed by atoms with Crippen molar-refractivity contribution in [1.29, 1.82) is 0 Å². The van der Waals surface area contributed by atoms with Crippen LogP contribution in [0.15, 0.2) is 0 Å². The molecule has 0 radical (unpaired) electrons. The van der Waals surface area contributed by atoms with Crippen molar-refractivity contribution in [3.63, 3.8) is 0 Å². The second-order valence-electron chi connectivity index (χ2n) is 4.33. The minimum absolute atomic E-state index is 0.0651. The van der Waals surface area contributed by atoms with Gasteiger partial charge in [-0.3, -0.25) is 0 Å². The van der Waals surface area contributed by atoms with Gasteiger partial charge in [0.1, 0.15) is 0 Å². The van der Waals surface area contributed by atoms with Gasteiger partial charge >= 0.3 is 0 Å². The predicted molar refractivity (Wildman–Crippen MR) is 65.3 cm³/mol. The number of ether oxygens (including phenoxy) is 2. The maximum atomic E-state index is 10.8. The van der Waals surface area contributed by atoms with Crippen LogP contribution in [0.25, 0.3) is 0 Å². The lowest BCUT2D eigenvalue weighted by Gasteiger charge is -2.26. The Hall–Kier alpha value is 0.160. The summed E-state index contributed by atoms with van der Waals surface area (Å²) in [7, 11) is 3.34. The molecule has 98 valence electrons. The normalized spacial score (nSPS) is 18.1. The van der Waals surface area contributed by atoms with Gasteiger partial charge in [0.15, 0.2) is 0 Å². The van der Waals surface area contributed by atoms with Crippen LogP contribution in [-0.4, -0.2) is 40.1 Å². The number of halogens is 1. The van der Waals surface area contributed by atoms with Crippen molar-refractivity contribution in [3.05, 3.63) is 0 Å². The van der Waals surface area contributed by atoms with Crippen LogP contribution in [0.1, 0.15) is 27.2 Å². The molecule has 2 unspecified atom stereocenters. The fourth-order valence-electron chi connectivity index (χ4n) is 1.17. The van der Waals surface area contributed by atoms with Gasteiger partial charge in [0.2, 0.25) is 9.05 Å². The standard InChI is InChI=1S/C10H21ClO4S/c1-5-10(3,14-4)8-15-6-9(2)7-16(11,12)13/h9H,5-8H2,1-4H3. The van der Waals surface area contributed by atoms with Gasteiger partial charge in [0.05, 0.1) is 24.6 Å². The number of hydrogen-bond acceptors (Lipinski definition) is 4. The molecule has 0 aromatic rings. The summed E-state index contributed by atoms with van der Waals surface area (Å²) in [6, 6.07) is 0. The Morgan fingerprint density at radius 2 is 2.00 bits per heavy atom. The van der Waals surface area contributed by atoms with Crippen LogP contribution in [0.2, 0.25) is 0 Å². The van der Waals surface area contributed by atoms with E-state index in [9.17, 15) is 8.42 Å². The third-order valence-corrected chi connectivity index (χ3v) is 3.88. The van der Waals surface area contributed by atoms with Crippen LogP contribution in [0.4, 0.5) is 0 Å². The highest BCUT2D eigenvalue weighted by atomic mass is 35.7. The van der Waals surface area contributed by atoms with Gasteiger partial charge in [0.25, 0.3) is 0 Å². The van der Waals surface area contributed by atoms with Crippen LogP contribution in [0.3, 0.4) is 0 Å². The smallest absolute Gasteiger partial charge is 0.232 e.